The van der Waals surface area contributed by atoms with Gasteiger partial charge in [-0.25, -0.2) is 0 Å². The maximum absolute atomic E-state index is 6.44. The van der Waals surface area contributed by atoms with Crippen LogP contribution < -0.4 is 10.5 Å². The maximum atomic E-state index is 6.44. The van der Waals surface area contributed by atoms with Gasteiger partial charge in [-0.1, -0.05) is 24.4 Å². The van der Waals surface area contributed by atoms with Gasteiger partial charge in [-0.05, 0) is 42.5 Å². The molecule has 1 aliphatic heterocycles. The third-order valence-corrected chi connectivity index (χ3v) is 4.19. The molecular weight excluding hydrogens is 234 g/mol. The van der Waals surface area contributed by atoms with Gasteiger partial charge in [-0.3, -0.25) is 0 Å². The van der Waals surface area contributed by atoms with Crippen molar-refractivity contribution in [1.29, 1.82) is 0 Å². The van der Waals surface area contributed by atoms with Crippen molar-refractivity contribution in [3.05, 3.63) is 28.3 Å². The van der Waals surface area contributed by atoms with E-state index in [-0.39, 0.29) is 5.54 Å². The Balaban J connectivity index is 1.92. The Hall–Kier alpha value is -0.730. The molecule has 1 fully saturated rings. The average molecular weight is 252 g/mol. The minimum absolute atomic E-state index is 0.0373. The molecule has 0 bridgehead atoms. The Bertz CT molecular complexity index is 438. The summed E-state index contributed by atoms with van der Waals surface area (Å²) in [6.07, 6.45) is 6.61. The van der Waals surface area contributed by atoms with Crippen LogP contribution in [0.1, 0.15) is 36.8 Å². The molecule has 0 aromatic heterocycles. The summed E-state index contributed by atoms with van der Waals surface area (Å²) in [7, 11) is 0. The largest absolute Gasteiger partial charge is 0.493 e. The highest BCUT2D eigenvalue weighted by atomic mass is 35.5. The molecule has 0 amide bonds. The second-order valence-corrected chi connectivity index (χ2v) is 5.83. The molecule has 3 rings (SSSR count). The van der Waals surface area contributed by atoms with Crippen LogP contribution in [0.15, 0.2) is 12.1 Å². The highest BCUT2D eigenvalue weighted by Gasteiger charge is 2.31. The van der Waals surface area contributed by atoms with Gasteiger partial charge in [0, 0.05) is 17.0 Å². The van der Waals surface area contributed by atoms with Gasteiger partial charge in [-0.15, -0.1) is 0 Å². The topological polar surface area (TPSA) is 35.2 Å². The molecule has 1 aromatic rings. The van der Waals surface area contributed by atoms with Crippen LogP contribution in [0.25, 0.3) is 0 Å². The second kappa shape index (κ2) is 4.18. The maximum Gasteiger partial charge on any atom is 0.125 e. The first-order valence-electron chi connectivity index (χ1n) is 6.39. The normalized spacial score (nSPS) is 21.3. The van der Waals surface area contributed by atoms with Crippen molar-refractivity contribution in [3.8, 4) is 5.75 Å². The molecule has 2 nitrogen and oxygen atoms in total. The molecule has 1 saturated carbocycles. The van der Waals surface area contributed by atoms with Crippen LogP contribution in [-0.2, 0) is 12.8 Å². The number of hydrogen-bond acceptors (Lipinski definition) is 2. The quantitative estimate of drug-likeness (QED) is 0.877. The van der Waals surface area contributed by atoms with E-state index >= 15 is 0 Å². The number of hydrogen-bond donors (Lipinski definition) is 1. The fourth-order valence-corrected chi connectivity index (χ4v) is 3.38. The van der Waals surface area contributed by atoms with Crippen LogP contribution in [0.3, 0.4) is 0 Å². The van der Waals surface area contributed by atoms with Crippen LogP contribution in [0, 0.1) is 0 Å². The SMILES string of the molecule is NC1(Cc2cc(Cl)cc3c2OCC3)CCCC1. The monoisotopic (exact) mass is 251 g/mol. The van der Waals surface area contributed by atoms with Gasteiger partial charge >= 0.3 is 0 Å². The Labute approximate surface area is 107 Å². The number of halogens is 1. The highest BCUT2D eigenvalue weighted by molar-refractivity contribution is 6.30. The van der Waals surface area contributed by atoms with Crippen molar-refractivity contribution in [3.63, 3.8) is 0 Å². The Morgan fingerprint density at radius 2 is 2.06 bits per heavy atom. The summed E-state index contributed by atoms with van der Waals surface area (Å²) in [6, 6.07) is 4.05. The smallest absolute Gasteiger partial charge is 0.125 e. The molecule has 1 aromatic carbocycles. The number of ether oxygens (including phenoxy) is 1. The van der Waals surface area contributed by atoms with Gasteiger partial charge in [0.05, 0.1) is 6.61 Å². The van der Waals surface area contributed by atoms with Crippen molar-refractivity contribution in [2.24, 2.45) is 5.73 Å². The van der Waals surface area contributed by atoms with Gasteiger partial charge in [0.2, 0.25) is 0 Å². The molecule has 2 N–H and O–H groups in total. The van der Waals surface area contributed by atoms with E-state index in [9.17, 15) is 0 Å². The zero-order chi connectivity index (χ0) is 11.9. The number of nitrogens with two attached hydrogens (primary N) is 1. The Morgan fingerprint density at radius 1 is 1.29 bits per heavy atom. The molecule has 0 unspecified atom stereocenters. The van der Waals surface area contributed by atoms with E-state index in [2.05, 4.69) is 0 Å². The van der Waals surface area contributed by atoms with Crippen molar-refractivity contribution in [2.75, 3.05) is 6.61 Å². The molecule has 1 heterocycles. The molecule has 0 spiro atoms. The van der Waals surface area contributed by atoms with Crippen molar-refractivity contribution < 1.29 is 4.74 Å². The van der Waals surface area contributed by atoms with E-state index in [1.807, 2.05) is 12.1 Å². The summed E-state index contributed by atoms with van der Waals surface area (Å²) in [5.74, 6) is 1.05. The lowest BCUT2D eigenvalue weighted by Crippen LogP contribution is -2.38. The summed E-state index contributed by atoms with van der Waals surface area (Å²) in [5.41, 5.74) is 8.85. The first kappa shape index (κ1) is 11.4. The molecule has 92 valence electrons. The average Bonchev–Trinajstić information content (AvgIpc) is 2.86. The zero-order valence-corrected chi connectivity index (χ0v) is 10.7. The molecule has 17 heavy (non-hydrogen) atoms. The minimum Gasteiger partial charge on any atom is -0.493 e. The summed E-state index contributed by atoms with van der Waals surface area (Å²) < 4.78 is 5.73. The van der Waals surface area contributed by atoms with Crippen LogP contribution in [0.4, 0.5) is 0 Å². The molecule has 0 atom stereocenters. The summed E-state index contributed by atoms with van der Waals surface area (Å²) in [6.45, 7) is 0.778. The molecule has 2 aliphatic rings. The third kappa shape index (κ3) is 2.16. The highest BCUT2D eigenvalue weighted by Crippen LogP contribution is 2.38. The number of benzene rings is 1. The van der Waals surface area contributed by atoms with Crippen LogP contribution >= 0.6 is 11.6 Å². The van der Waals surface area contributed by atoms with Gasteiger partial charge in [-0.2, -0.15) is 0 Å². The first-order chi connectivity index (χ1) is 8.16. The number of fused-ring (bicyclic) bond motifs is 1. The van der Waals surface area contributed by atoms with Crippen molar-refractivity contribution in [1.82, 2.24) is 0 Å². The zero-order valence-electron chi connectivity index (χ0n) is 9.97. The lowest BCUT2D eigenvalue weighted by Gasteiger charge is -2.24. The Kier molecular flexibility index (Phi) is 2.80. The van der Waals surface area contributed by atoms with Crippen LogP contribution in [0.5, 0.6) is 5.75 Å². The fraction of sp³-hybridized carbons (Fsp3) is 0.571. The van der Waals surface area contributed by atoms with E-state index in [1.165, 1.54) is 24.0 Å². The van der Waals surface area contributed by atoms with Gasteiger partial charge < -0.3 is 10.5 Å². The minimum atomic E-state index is -0.0373. The standard InChI is InChI=1S/C14H18ClNO/c15-12-7-10-3-6-17-13(10)11(8-12)9-14(16)4-1-2-5-14/h7-8H,1-6,9,16H2. The summed E-state index contributed by atoms with van der Waals surface area (Å²) >= 11 is 6.16. The third-order valence-electron chi connectivity index (χ3n) is 3.97. The fourth-order valence-electron chi connectivity index (χ4n) is 3.11. The predicted octanol–water partition coefficient (Wildman–Crippen LogP) is 3.09. The predicted molar refractivity (Wildman–Crippen MR) is 69.7 cm³/mol. The van der Waals surface area contributed by atoms with E-state index in [1.54, 1.807) is 0 Å². The molecule has 0 saturated heterocycles. The molecule has 0 radical (unpaired) electrons. The molecule has 1 aliphatic carbocycles. The van der Waals surface area contributed by atoms with Gasteiger partial charge in [0.15, 0.2) is 0 Å². The summed E-state index contributed by atoms with van der Waals surface area (Å²) in [5, 5.41) is 0.811. The van der Waals surface area contributed by atoms with Crippen molar-refractivity contribution in [2.45, 2.75) is 44.1 Å². The number of rotatable bonds is 2. The lowest BCUT2D eigenvalue weighted by atomic mass is 9.89. The Morgan fingerprint density at radius 3 is 2.82 bits per heavy atom. The summed E-state index contributed by atoms with van der Waals surface area (Å²) in [4.78, 5) is 0. The van der Waals surface area contributed by atoms with E-state index in [0.29, 0.717) is 0 Å². The van der Waals surface area contributed by atoms with E-state index in [0.717, 1.165) is 43.1 Å². The first-order valence-corrected chi connectivity index (χ1v) is 6.77. The second-order valence-electron chi connectivity index (χ2n) is 5.40. The lowest BCUT2D eigenvalue weighted by molar-refractivity contribution is 0.347. The van der Waals surface area contributed by atoms with Gasteiger partial charge in [0.25, 0.3) is 0 Å². The van der Waals surface area contributed by atoms with Gasteiger partial charge in [0.1, 0.15) is 5.75 Å². The molecular formula is C14H18ClNO. The molecule has 3 heteroatoms. The van der Waals surface area contributed by atoms with Crippen LogP contribution in [0.2, 0.25) is 5.02 Å². The van der Waals surface area contributed by atoms with E-state index < -0.39 is 0 Å². The van der Waals surface area contributed by atoms with Crippen LogP contribution in [-0.4, -0.2) is 12.1 Å². The van der Waals surface area contributed by atoms with Crippen molar-refractivity contribution >= 4 is 11.6 Å². The van der Waals surface area contributed by atoms with E-state index in [4.69, 9.17) is 22.1 Å².